The highest BCUT2D eigenvalue weighted by atomic mass is 35.5. The number of hydrogen-bond donors (Lipinski definition) is 1. The van der Waals surface area contributed by atoms with Crippen LogP contribution in [0.3, 0.4) is 0 Å². The average Bonchev–Trinajstić information content (AvgIpc) is 2.39. The van der Waals surface area contributed by atoms with Crippen molar-refractivity contribution in [1.29, 1.82) is 0 Å². The molecule has 2 N–H and O–H groups in total. The molecule has 1 aromatic carbocycles. The molecule has 0 aliphatic rings. The zero-order valence-corrected chi connectivity index (χ0v) is 12.7. The van der Waals surface area contributed by atoms with Gasteiger partial charge in [0.05, 0.1) is 13.0 Å². The van der Waals surface area contributed by atoms with E-state index in [0.29, 0.717) is 30.3 Å². The van der Waals surface area contributed by atoms with E-state index in [0.717, 1.165) is 0 Å². The summed E-state index contributed by atoms with van der Waals surface area (Å²) in [6.45, 7) is 2.72. The van der Waals surface area contributed by atoms with Crippen LogP contribution in [0.5, 0.6) is 5.75 Å². The second kappa shape index (κ2) is 9.02. The molecular weight excluding hydrogens is 287 g/mol. The highest BCUT2D eigenvalue weighted by Crippen LogP contribution is 2.15. The molecule has 0 bridgehead atoms. The average molecular weight is 307 g/mol. The van der Waals surface area contributed by atoms with Crippen molar-refractivity contribution in [2.24, 2.45) is 5.73 Å². The van der Waals surface area contributed by atoms with Crippen LogP contribution >= 0.6 is 24.0 Å². The van der Waals surface area contributed by atoms with Crippen LogP contribution < -0.4 is 10.5 Å². The van der Waals surface area contributed by atoms with E-state index >= 15 is 0 Å². The number of nitrogens with two attached hydrogens (primary N) is 1. The minimum absolute atomic E-state index is 0. The molecule has 1 amide bonds. The van der Waals surface area contributed by atoms with Gasteiger partial charge in [-0.2, -0.15) is 0 Å². The summed E-state index contributed by atoms with van der Waals surface area (Å²) in [5.41, 5.74) is 5.51. The number of hydrogen-bond acceptors (Lipinski definition) is 3. The standard InChI is InChI=1S/C13H19ClN2O2.ClH/c1-10(9-15)16(2)13(17)7-8-18-12-5-3-11(14)4-6-12;/h3-6,10H,7-9,15H2,1-2H3;1H. The molecule has 1 unspecified atom stereocenters. The molecule has 0 aliphatic heterocycles. The maximum Gasteiger partial charge on any atom is 0.226 e. The van der Waals surface area contributed by atoms with Crippen molar-refractivity contribution in [3.8, 4) is 5.75 Å². The fourth-order valence-electron chi connectivity index (χ4n) is 1.37. The molecule has 0 spiro atoms. The Hall–Kier alpha value is -0.970. The summed E-state index contributed by atoms with van der Waals surface area (Å²) in [5, 5.41) is 0.662. The van der Waals surface area contributed by atoms with Crippen LogP contribution in [0.2, 0.25) is 5.02 Å². The van der Waals surface area contributed by atoms with Crippen LogP contribution in [0.15, 0.2) is 24.3 Å². The van der Waals surface area contributed by atoms with E-state index in [2.05, 4.69) is 0 Å². The van der Waals surface area contributed by atoms with Gasteiger partial charge >= 0.3 is 0 Å². The maximum atomic E-state index is 11.8. The molecule has 0 aromatic heterocycles. The first-order valence-electron chi connectivity index (χ1n) is 5.88. The first-order valence-corrected chi connectivity index (χ1v) is 6.26. The molecule has 1 atom stereocenters. The molecule has 0 aliphatic carbocycles. The van der Waals surface area contributed by atoms with Crippen molar-refractivity contribution < 1.29 is 9.53 Å². The Morgan fingerprint density at radius 3 is 2.53 bits per heavy atom. The van der Waals surface area contributed by atoms with Crippen LogP contribution in [0, 0.1) is 0 Å². The number of ether oxygens (including phenoxy) is 1. The molecule has 1 aromatic rings. The number of rotatable bonds is 6. The number of halogens is 2. The predicted molar refractivity (Wildman–Crippen MR) is 80.1 cm³/mol. The number of nitrogens with zero attached hydrogens (tertiary/aromatic N) is 1. The van der Waals surface area contributed by atoms with Gasteiger partial charge in [-0.25, -0.2) is 0 Å². The van der Waals surface area contributed by atoms with E-state index < -0.39 is 0 Å². The van der Waals surface area contributed by atoms with Gasteiger partial charge in [0, 0.05) is 24.7 Å². The summed E-state index contributed by atoms with van der Waals surface area (Å²) in [5.74, 6) is 0.739. The van der Waals surface area contributed by atoms with Gasteiger partial charge < -0.3 is 15.4 Å². The second-order valence-corrected chi connectivity index (χ2v) is 4.58. The van der Waals surface area contributed by atoms with E-state index in [1.54, 1.807) is 36.2 Å². The highest BCUT2D eigenvalue weighted by Gasteiger charge is 2.13. The number of amides is 1. The van der Waals surface area contributed by atoms with Gasteiger partial charge in [-0.05, 0) is 31.2 Å². The molecular formula is C13H20Cl2N2O2. The van der Waals surface area contributed by atoms with Crippen LogP contribution in [-0.4, -0.2) is 37.0 Å². The first-order chi connectivity index (χ1) is 8.54. The van der Waals surface area contributed by atoms with Crippen molar-refractivity contribution in [3.05, 3.63) is 29.3 Å². The summed E-state index contributed by atoms with van der Waals surface area (Å²) >= 11 is 5.76. The topological polar surface area (TPSA) is 55.6 Å². The fourth-order valence-corrected chi connectivity index (χ4v) is 1.49. The number of carbonyl (C=O) groups is 1. The lowest BCUT2D eigenvalue weighted by Gasteiger charge is -2.23. The van der Waals surface area contributed by atoms with Crippen LogP contribution in [0.1, 0.15) is 13.3 Å². The molecule has 6 heteroatoms. The van der Waals surface area contributed by atoms with Gasteiger partial charge in [0.15, 0.2) is 0 Å². The normalized spacial score (nSPS) is 11.4. The maximum absolute atomic E-state index is 11.8. The zero-order valence-electron chi connectivity index (χ0n) is 11.1. The van der Waals surface area contributed by atoms with Gasteiger partial charge in [-0.3, -0.25) is 4.79 Å². The molecule has 19 heavy (non-hydrogen) atoms. The van der Waals surface area contributed by atoms with Gasteiger partial charge in [0.2, 0.25) is 5.91 Å². The first kappa shape index (κ1) is 18.0. The van der Waals surface area contributed by atoms with Crippen LogP contribution in [-0.2, 0) is 4.79 Å². The molecule has 4 nitrogen and oxygen atoms in total. The van der Waals surface area contributed by atoms with E-state index in [1.807, 2.05) is 6.92 Å². The third-order valence-corrected chi connectivity index (χ3v) is 3.05. The van der Waals surface area contributed by atoms with Crippen molar-refractivity contribution in [3.63, 3.8) is 0 Å². The van der Waals surface area contributed by atoms with Gasteiger partial charge in [-0.15, -0.1) is 12.4 Å². The predicted octanol–water partition coefficient (Wildman–Crippen LogP) is 2.34. The lowest BCUT2D eigenvalue weighted by molar-refractivity contribution is -0.132. The Morgan fingerprint density at radius 2 is 2.00 bits per heavy atom. The Labute approximate surface area is 125 Å². The minimum Gasteiger partial charge on any atom is -0.493 e. The molecule has 0 saturated carbocycles. The van der Waals surface area contributed by atoms with Crippen molar-refractivity contribution in [1.82, 2.24) is 4.90 Å². The van der Waals surface area contributed by atoms with Gasteiger partial charge in [0.1, 0.15) is 5.75 Å². The third-order valence-electron chi connectivity index (χ3n) is 2.79. The van der Waals surface area contributed by atoms with Crippen molar-refractivity contribution in [2.45, 2.75) is 19.4 Å². The Kier molecular flexibility index (Phi) is 8.56. The number of carbonyl (C=O) groups excluding carboxylic acids is 1. The molecule has 0 heterocycles. The summed E-state index contributed by atoms with van der Waals surface area (Å²) in [6.07, 6.45) is 0.337. The van der Waals surface area contributed by atoms with Gasteiger partial charge in [-0.1, -0.05) is 11.6 Å². The summed E-state index contributed by atoms with van der Waals surface area (Å²) < 4.78 is 5.46. The number of likely N-dealkylation sites (N-methyl/N-ethyl adjacent to an activating group) is 1. The summed E-state index contributed by atoms with van der Waals surface area (Å²) in [4.78, 5) is 13.4. The lowest BCUT2D eigenvalue weighted by atomic mass is 10.2. The molecule has 0 fully saturated rings. The summed E-state index contributed by atoms with van der Waals surface area (Å²) in [6, 6.07) is 7.11. The van der Waals surface area contributed by atoms with Crippen LogP contribution in [0.25, 0.3) is 0 Å². The molecule has 108 valence electrons. The molecule has 1 rings (SSSR count). The fraction of sp³-hybridized carbons (Fsp3) is 0.462. The molecule has 0 radical (unpaired) electrons. The quantitative estimate of drug-likeness (QED) is 0.877. The largest absolute Gasteiger partial charge is 0.493 e. The Balaban J connectivity index is 0.00000324. The lowest BCUT2D eigenvalue weighted by Crippen LogP contribution is -2.40. The van der Waals surface area contributed by atoms with E-state index in [-0.39, 0.29) is 24.4 Å². The number of benzene rings is 1. The van der Waals surface area contributed by atoms with Crippen molar-refractivity contribution in [2.75, 3.05) is 20.2 Å². The Bertz CT molecular complexity index is 385. The van der Waals surface area contributed by atoms with E-state index in [1.165, 1.54) is 0 Å². The second-order valence-electron chi connectivity index (χ2n) is 4.14. The zero-order chi connectivity index (χ0) is 13.5. The monoisotopic (exact) mass is 306 g/mol. The van der Waals surface area contributed by atoms with E-state index in [4.69, 9.17) is 22.1 Å². The Morgan fingerprint density at radius 1 is 1.42 bits per heavy atom. The van der Waals surface area contributed by atoms with Crippen LogP contribution in [0.4, 0.5) is 0 Å². The van der Waals surface area contributed by atoms with Crippen molar-refractivity contribution >= 4 is 29.9 Å². The summed E-state index contributed by atoms with van der Waals surface area (Å²) in [7, 11) is 1.75. The van der Waals surface area contributed by atoms with Gasteiger partial charge in [0.25, 0.3) is 0 Å². The third kappa shape index (κ3) is 6.14. The minimum atomic E-state index is 0. The highest BCUT2D eigenvalue weighted by molar-refractivity contribution is 6.30. The SMILES string of the molecule is CC(CN)N(C)C(=O)CCOc1ccc(Cl)cc1.Cl. The van der Waals surface area contributed by atoms with E-state index in [9.17, 15) is 4.79 Å². The smallest absolute Gasteiger partial charge is 0.226 e. The molecule has 0 saturated heterocycles.